The molecule has 0 radical (unpaired) electrons. The molecule has 0 spiro atoms. The lowest BCUT2D eigenvalue weighted by atomic mass is 10.1. The number of ether oxygens (including phenoxy) is 1. The van der Waals surface area contributed by atoms with E-state index in [9.17, 15) is 28.5 Å². The molecule has 0 heterocycles. The number of aliphatic hydroxyl groups excluding tert-OH is 1. The van der Waals surface area contributed by atoms with Crippen LogP contribution >= 0.6 is 0 Å². The first kappa shape index (κ1) is 16.4. The van der Waals surface area contributed by atoms with E-state index in [1.807, 2.05) is 5.32 Å². The Morgan fingerprint density at radius 2 is 2.10 bits per heavy atom. The number of esters is 1. The number of nitro groups is 1. The molecule has 1 unspecified atom stereocenters. The molecule has 0 bridgehead atoms. The first-order valence-corrected chi connectivity index (χ1v) is 5.45. The van der Waals surface area contributed by atoms with E-state index in [2.05, 4.69) is 4.74 Å². The lowest BCUT2D eigenvalue weighted by Gasteiger charge is -2.14. The molecular weight excluding hydrogens is 294 g/mol. The van der Waals surface area contributed by atoms with Gasteiger partial charge in [-0.2, -0.15) is 4.39 Å². The van der Waals surface area contributed by atoms with Crippen LogP contribution in [0.2, 0.25) is 0 Å². The summed E-state index contributed by atoms with van der Waals surface area (Å²) in [6.45, 7) is -0.878. The van der Waals surface area contributed by atoms with E-state index < -0.39 is 52.3 Å². The first-order chi connectivity index (χ1) is 9.83. The van der Waals surface area contributed by atoms with Gasteiger partial charge in [0.15, 0.2) is 6.04 Å². The number of methoxy groups -OCH3 is 1. The van der Waals surface area contributed by atoms with Crippen LogP contribution in [0.25, 0.3) is 0 Å². The van der Waals surface area contributed by atoms with E-state index in [0.717, 1.165) is 7.11 Å². The Morgan fingerprint density at radius 3 is 2.57 bits per heavy atom. The van der Waals surface area contributed by atoms with Crippen molar-refractivity contribution in [2.75, 3.05) is 13.7 Å². The molecule has 0 aliphatic heterocycles. The number of hydrogen-bond acceptors (Lipinski definition) is 6. The normalized spacial score (nSPS) is 11.6. The summed E-state index contributed by atoms with van der Waals surface area (Å²) in [6.07, 6.45) is 0. The lowest BCUT2D eigenvalue weighted by molar-refractivity contribution is -0.387. The van der Waals surface area contributed by atoms with Crippen molar-refractivity contribution in [3.63, 3.8) is 0 Å². The Kier molecular flexibility index (Phi) is 5.24. The summed E-state index contributed by atoms with van der Waals surface area (Å²) in [5, 5.41) is 21.2. The molecule has 114 valence electrons. The second-order valence-corrected chi connectivity index (χ2v) is 3.74. The third-order valence-electron chi connectivity index (χ3n) is 2.47. The molecule has 10 heteroatoms. The number of benzene rings is 1. The van der Waals surface area contributed by atoms with Gasteiger partial charge in [-0.1, -0.05) is 0 Å². The third-order valence-corrected chi connectivity index (χ3v) is 2.47. The fourth-order valence-corrected chi connectivity index (χ4v) is 1.44. The van der Waals surface area contributed by atoms with Crippen molar-refractivity contribution in [3.05, 3.63) is 39.4 Å². The molecule has 1 amide bonds. The highest BCUT2D eigenvalue weighted by molar-refractivity contribution is 5.97. The molecule has 0 aliphatic rings. The Labute approximate surface area is 116 Å². The van der Waals surface area contributed by atoms with Gasteiger partial charge in [0.25, 0.3) is 5.91 Å². The van der Waals surface area contributed by atoms with Crippen LogP contribution in [0, 0.1) is 21.7 Å². The van der Waals surface area contributed by atoms with Gasteiger partial charge in [0, 0.05) is 6.07 Å². The molecule has 2 N–H and O–H groups in total. The van der Waals surface area contributed by atoms with Crippen molar-refractivity contribution >= 4 is 17.6 Å². The average molecular weight is 304 g/mol. The minimum atomic E-state index is -1.68. The highest BCUT2D eigenvalue weighted by Crippen LogP contribution is 2.23. The van der Waals surface area contributed by atoms with Gasteiger partial charge >= 0.3 is 11.7 Å². The molecule has 0 aromatic heterocycles. The smallest absolute Gasteiger partial charge is 0.330 e. The highest BCUT2D eigenvalue weighted by atomic mass is 19.1. The summed E-state index contributed by atoms with van der Waals surface area (Å²) in [4.78, 5) is 32.3. The highest BCUT2D eigenvalue weighted by Gasteiger charge is 2.29. The number of carbonyl (C=O) groups is 2. The van der Waals surface area contributed by atoms with Gasteiger partial charge in [-0.05, 0) is 6.07 Å². The maximum atomic E-state index is 13.8. The largest absolute Gasteiger partial charge is 0.467 e. The van der Waals surface area contributed by atoms with Crippen molar-refractivity contribution in [3.8, 4) is 0 Å². The van der Waals surface area contributed by atoms with Crippen LogP contribution in [0.5, 0.6) is 0 Å². The SMILES string of the molecule is COC(=O)C(CO)NC(=O)c1c(F)ccc([N+](=O)[O-])c1F. The van der Waals surface area contributed by atoms with Gasteiger partial charge in [-0.25, -0.2) is 9.18 Å². The molecule has 0 saturated heterocycles. The summed E-state index contributed by atoms with van der Waals surface area (Å²) in [5.74, 6) is -5.51. The second-order valence-electron chi connectivity index (χ2n) is 3.74. The van der Waals surface area contributed by atoms with Crippen molar-refractivity contribution in [1.29, 1.82) is 0 Å². The van der Waals surface area contributed by atoms with Crippen LogP contribution in [-0.4, -0.2) is 41.7 Å². The number of hydrogen-bond donors (Lipinski definition) is 2. The average Bonchev–Trinajstić information content (AvgIpc) is 2.43. The zero-order chi connectivity index (χ0) is 16.2. The number of halogens is 2. The van der Waals surface area contributed by atoms with Gasteiger partial charge < -0.3 is 15.2 Å². The van der Waals surface area contributed by atoms with E-state index in [4.69, 9.17) is 5.11 Å². The molecule has 0 saturated carbocycles. The van der Waals surface area contributed by atoms with Crippen LogP contribution in [0.4, 0.5) is 14.5 Å². The van der Waals surface area contributed by atoms with E-state index in [0.29, 0.717) is 12.1 Å². The first-order valence-electron chi connectivity index (χ1n) is 5.45. The predicted molar refractivity (Wildman–Crippen MR) is 63.4 cm³/mol. The maximum absolute atomic E-state index is 13.8. The fraction of sp³-hybridized carbons (Fsp3) is 0.273. The fourth-order valence-electron chi connectivity index (χ4n) is 1.44. The van der Waals surface area contributed by atoms with Gasteiger partial charge in [0.05, 0.1) is 18.6 Å². The number of nitro benzene ring substituents is 1. The molecule has 0 fully saturated rings. The summed E-state index contributed by atoms with van der Waals surface area (Å²) in [5.41, 5.74) is -2.33. The van der Waals surface area contributed by atoms with Gasteiger partial charge in [0.1, 0.15) is 11.4 Å². The van der Waals surface area contributed by atoms with E-state index in [-0.39, 0.29) is 0 Å². The molecule has 0 aliphatic carbocycles. The number of carbonyl (C=O) groups excluding carboxylic acids is 2. The number of nitrogens with zero attached hydrogens (tertiary/aromatic N) is 1. The number of aliphatic hydroxyl groups is 1. The molecule has 1 aromatic carbocycles. The van der Waals surface area contributed by atoms with E-state index >= 15 is 0 Å². The summed E-state index contributed by atoms with van der Waals surface area (Å²) in [7, 11) is 0.978. The van der Waals surface area contributed by atoms with Crippen molar-refractivity contribution in [2.45, 2.75) is 6.04 Å². The predicted octanol–water partition coefficient (Wildman–Crippen LogP) is 0.137. The third kappa shape index (κ3) is 3.48. The number of rotatable bonds is 5. The minimum absolute atomic E-state index is 0.544. The zero-order valence-corrected chi connectivity index (χ0v) is 10.6. The Bertz CT molecular complexity index is 592. The maximum Gasteiger partial charge on any atom is 0.330 e. The standard InChI is InChI=1S/C11H10F2N2O6/c1-21-11(18)6(4-16)14-10(17)8-5(12)2-3-7(9(8)13)15(19)20/h2-3,6,16H,4H2,1H3,(H,14,17). The molecular formula is C11H10F2N2O6. The minimum Gasteiger partial charge on any atom is -0.467 e. The van der Waals surface area contributed by atoms with E-state index in [1.54, 1.807) is 0 Å². The second kappa shape index (κ2) is 6.70. The van der Waals surface area contributed by atoms with Gasteiger partial charge in [-0.3, -0.25) is 14.9 Å². The quantitative estimate of drug-likeness (QED) is 0.453. The topological polar surface area (TPSA) is 119 Å². The molecule has 1 atom stereocenters. The Hall–Kier alpha value is -2.62. The van der Waals surface area contributed by atoms with Gasteiger partial charge in [0.2, 0.25) is 5.82 Å². The Morgan fingerprint density at radius 1 is 1.48 bits per heavy atom. The van der Waals surface area contributed by atoms with Crippen molar-refractivity contribution in [1.82, 2.24) is 5.32 Å². The number of amides is 1. The molecule has 21 heavy (non-hydrogen) atoms. The van der Waals surface area contributed by atoms with Crippen LogP contribution in [0.15, 0.2) is 12.1 Å². The van der Waals surface area contributed by atoms with Gasteiger partial charge in [-0.15, -0.1) is 0 Å². The molecule has 1 aromatic rings. The lowest BCUT2D eigenvalue weighted by Crippen LogP contribution is -2.44. The number of nitrogens with one attached hydrogen (secondary N) is 1. The molecule has 1 rings (SSSR count). The van der Waals surface area contributed by atoms with Crippen LogP contribution < -0.4 is 5.32 Å². The van der Waals surface area contributed by atoms with Crippen molar-refractivity contribution < 1.29 is 33.1 Å². The van der Waals surface area contributed by atoms with Crippen LogP contribution in [0.3, 0.4) is 0 Å². The molecule has 8 nitrogen and oxygen atoms in total. The summed E-state index contributed by atoms with van der Waals surface area (Å²) in [6, 6.07) is -0.450. The van der Waals surface area contributed by atoms with E-state index in [1.165, 1.54) is 0 Å². The van der Waals surface area contributed by atoms with Crippen LogP contribution in [-0.2, 0) is 9.53 Å². The van der Waals surface area contributed by atoms with Crippen molar-refractivity contribution in [2.24, 2.45) is 0 Å². The zero-order valence-electron chi connectivity index (χ0n) is 10.6. The summed E-state index contributed by atoms with van der Waals surface area (Å²) < 4.78 is 31.5. The summed E-state index contributed by atoms with van der Waals surface area (Å²) >= 11 is 0. The van der Waals surface area contributed by atoms with Crippen LogP contribution in [0.1, 0.15) is 10.4 Å². The monoisotopic (exact) mass is 304 g/mol. The Balaban J connectivity index is 3.15.